The SMILES string of the molecule is COc1ccc(N2C(=O)[C@H](CCCc3ccccc3)[C@H]2c2ccc(NC(C)=O)cc2)cc1. The van der Waals surface area contributed by atoms with E-state index in [1.807, 2.05) is 59.5 Å². The van der Waals surface area contributed by atoms with E-state index < -0.39 is 0 Å². The maximum Gasteiger partial charge on any atom is 0.233 e. The van der Waals surface area contributed by atoms with Gasteiger partial charge in [-0.15, -0.1) is 0 Å². The van der Waals surface area contributed by atoms with Crippen molar-refractivity contribution in [2.75, 3.05) is 17.3 Å². The summed E-state index contributed by atoms with van der Waals surface area (Å²) >= 11 is 0. The van der Waals surface area contributed by atoms with Crippen molar-refractivity contribution in [3.8, 4) is 5.75 Å². The Morgan fingerprint density at radius 1 is 0.969 bits per heavy atom. The number of methoxy groups -OCH3 is 1. The average molecular weight is 429 g/mol. The van der Waals surface area contributed by atoms with Crippen molar-refractivity contribution in [3.05, 3.63) is 90.0 Å². The van der Waals surface area contributed by atoms with Gasteiger partial charge in [-0.05, 0) is 66.8 Å². The predicted molar refractivity (Wildman–Crippen MR) is 127 cm³/mol. The number of carbonyl (C=O) groups is 2. The molecule has 2 amide bonds. The van der Waals surface area contributed by atoms with Crippen LogP contribution in [0, 0.1) is 5.92 Å². The summed E-state index contributed by atoms with van der Waals surface area (Å²) in [5, 5.41) is 2.80. The van der Waals surface area contributed by atoms with Gasteiger partial charge in [0.2, 0.25) is 11.8 Å². The monoisotopic (exact) mass is 428 g/mol. The molecule has 0 aliphatic carbocycles. The molecule has 5 nitrogen and oxygen atoms in total. The van der Waals surface area contributed by atoms with Crippen molar-refractivity contribution in [2.45, 2.75) is 32.2 Å². The number of amides is 2. The van der Waals surface area contributed by atoms with Gasteiger partial charge in [0, 0.05) is 18.3 Å². The van der Waals surface area contributed by atoms with Gasteiger partial charge in [-0.3, -0.25) is 9.59 Å². The molecule has 1 saturated heterocycles. The second-order valence-corrected chi connectivity index (χ2v) is 8.14. The van der Waals surface area contributed by atoms with Crippen LogP contribution in [0.3, 0.4) is 0 Å². The number of hydrogen-bond acceptors (Lipinski definition) is 3. The van der Waals surface area contributed by atoms with Gasteiger partial charge in [-0.1, -0.05) is 42.5 Å². The summed E-state index contributed by atoms with van der Waals surface area (Å²) in [5.41, 5.74) is 3.98. The van der Waals surface area contributed by atoms with Crippen LogP contribution in [0.4, 0.5) is 11.4 Å². The lowest BCUT2D eigenvalue weighted by Gasteiger charge is -2.47. The van der Waals surface area contributed by atoms with Gasteiger partial charge in [0.25, 0.3) is 0 Å². The summed E-state index contributed by atoms with van der Waals surface area (Å²) in [6.45, 7) is 1.49. The van der Waals surface area contributed by atoms with Crippen molar-refractivity contribution >= 4 is 23.2 Å². The van der Waals surface area contributed by atoms with E-state index in [-0.39, 0.29) is 23.8 Å². The summed E-state index contributed by atoms with van der Waals surface area (Å²) in [5.74, 6) is 0.749. The third-order valence-corrected chi connectivity index (χ3v) is 5.96. The molecule has 0 radical (unpaired) electrons. The number of ether oxygens (including phenoxy) is 1. The van der Waals surface area contributed by atoms with Crippen LogP contribution in [0.5, 0.6) is 5.75 Å². The Hall–Kier alpha value is -3.60. The summed E-state index contributed by atoms with van der Waals surface area (Å²) in [6, 6.07) is 25.8. The van der Waals surface area contributed by atoms with E-state index in [0.29, 0.717) is 0 Å². The molecule has 0 aromatic heterocycles. The first kappa shape index (κ1) is 21.6. The lowest BCUT2D eigenvalue weighted by Crippen LogP contribution is -2.55. The topological polar surface area (TPSA) is 58.6 Å². The zero-order chi connectivity index (χ0) is 22.5. The molecule has 0 unspecified atom stereocenters. The maximum atomic E-state index is 13.2. The Morgan fingerprint density at radius 3 is 2.28 bits per heavy atom. The standard InChI is InChI=1S/C27H28N2O3/c1-19(30)28-22-13-11-21(12-14-22)26-25(10-6-9-20-7-4-3-5-8-20)27(31)29(26)23-15-17-24(32-2)18-16-23/h3-5,7-8,11-18,25-26H,6,9-10H2,1-2H3,(H,28,30)/t25-,26-/m1/s1. The third-order valence-electron chi connectivity index (χ3n) is 5.96. The number of hydrogen-bond donors (Lipinski definition) is 1. The fraction of sp³-hybridized carbons (Fsp3) is 0.259. The molecule has 1 N–H and O–H groups in total. The van der Waals surface area contributed by atoms with E-state index in [2.05, 4.69) is 29.6 Å². The Balaban J connectivity index is 1.54. The molecule has 3 aromatic carbocycles. The lowest BCUT2D eigenvalue weighted by atomic mass is 9.78. The lowest BCUT2D eigenvalue weighted by molar-refractivity contribution is -0.130. The van der Waals surface area contributed by atoms with E-state index in [4.69, 9.17) is 4.74 Å². The number of benzene rings is 3. The number of carbonyl (C=O) groups excluding carboxylic acids is 2. The molecule has 1 heterocycles. The highest BCUT2D eigenvalue weighted by Crippen LogP contribution is 2.46. The molecule has 2 atom stereocenters. The van der Waals surface area contributed by atoms with Crippen LogP contribution in [0.1, 0.15) is 36.9 Å². The zero-order valence-corrected chi connectivity index (χ0v) is 18.5. The van der Waals surface area contributed by atoms with Gasteiger partial charge in [0.05, 0.1) is 19.1 Å². The van der Waals surface area contributed by atoms with Crippen molar-refractivity contribution in [1.82, 2.24) is 0 Å². The molecular weight excluding hydrogens is 400 g/mol. The van der Waals surface area contributed by atoms with Crippen LogP contribution in [0.15, 0.2) is 78.9 Å². The molecule has 32 heavy (non-hydrogen) atoms. The largest absolute Gasteiger partial charge is 0.497 e. The van der Waals surface area contributed by atoms with Crippen molar-refractivity contribution in [2.24, 2.45) is 5.92 Å². The van der Waals surface area contributed by atoms with Crippen molar-refractivity contribution in [1.29, 1.82) is 0 Å². The van der Waals surface area contributed by atoms with E-state index in [0.717, 1.165) is 42.0 Å². The molecule has 5 heteroatoms. The molecule has 1 fully saturated rings. The average Bonchev–Trinajstić information content (AvgIpc) is 2.81. The summed E-state index contributed by atoms with van der Waals surface area (Å²) in [7, 11) is 1.63. The Kier molecular flexibility index (Phi) is 6.55. The fourth-order valence-electron chi connectivity index (χ4n) is 4.38. The first-order valence-electron chi connectivity index (χ1n) is 11.0. The number of nitrogens with one attached hydrogen (secondary N) is 1. The molecule has 164 valence electrons. The molecule has 1 aliphatic heterocycles. The highest BCUT2D eigenvalue weighted by Gasteiger charge is 2.48. The maximum absolute atomic E-state index is 13.2. The molecule has 0 bridgehead atoms. The van der Waals surface area contributed by atoms with Crippen LogP contribution in [0.25, 0.3) is 0 Å². The minimum Gasteiger partial charge on any atom is -0.497 e. The minimum absolute atomic E-state index is 0.0296. The third kappa shape index (κ3) is 4.67. The normalized spacial score (nSPS) is 17.6. The summed E-state index contributed by atoms with van der Waals surface area (Å²) in [4.78, 5) is 26.4. The molecule has 3 aromatic rings. The van der Waals surface area contributed by atoms with Crippen LogP contribution in [-0.4, -0.2) is 18.9 Å². The smallest absolute Gasteiger partial charge is 0.233 e. The molecule has 0 saturated carbocycles. The molecule has 4 rings (SSSR count). The quantitative estimate of drug-likeness (QED) is 0.490. The fourth-order valence-corrected chi connectivity index (χ4v) is 4.38. The van der Waals surface area contributed by atoms with Gasteiger partial charge in [0.15, 0.2) is 0 Å². The van der Waals surface area contributed by atoms with Gasteiger partial charge >= 0.3 is 0 Å². The minimum atomic E-state index is -0.102. The van der Waals surface area contributed by atoms with Crippen LogP contribution < -0.4 is 15.0 Å². The zero-order valence-electron chi connectivity index (χ0n) is 18.5. The number of nitrogens with zero attached hydrogens (tertiary/aromatic N) is 1. The summed E-state index contributed by atoms with van der Waals surface area (Å²) in [6.07, 6.45) is 2.75. The van der Waals surface area contributed by atoms with E-state index >= 15 is 0 Å². The summed E-state index contributed by atoms with van der Waals surface area (Å²) < 4.78 is 5.26. The van der Waals surface area contributed by atoms with Crippen molar-refractivity contribution in [3.63, 3.8) is 0 Å². The number of rotatable bonds is 8. The van der Waals surface area contributed by atoms with Crippen LogP contribution in [-0.2, 0) is 16.0 Å². The van der Waals surface area contributed by atoms with E-state index in [9.17, 15) is 9.59 Å². The van der Waals surface area contributed by atoms with E-state index in [1.165, 1.54) is 12.5 Å². The number of anilines is 2. The molecule has 0 spiro atoms. The first-order chi connectivity index (χ1) is 15.6. The Morgan fingerprint density at radius 2 is 1.66 bits per heavy atom. The Labute approximate surface area is 189 Å². The highest BCUT2D eigenvalue weighted by atomic mass is 16.5. The highest BCUT2D eigenvalue weighted by molar-refractivity contribution is 6.03. The predicted octanol–water partition coefficient (Wildman–Crippen LogP) is 5.38. The van der Waals surface area contributed by atoms with Crippen LogP contribution in [0.2, 0.25) is 0 Å². The van der Waals surface area contributed by atoms with E-state index in [1.54, 1.807) is 7.11 Å². The van der Waals surface area contributed by atoms with Crippen LogP contribution >= 0.6 is 0 Å². The number of aryl methyl sites for hydroxylation is 1. The van der Waals surface area contributed by atoms with Gasteiger partial charge in [0.1, 0.15) is 5.75 Å². The van der Waals surface area contributed by atoms with Crippen molar-refractivity contribution < 1.29 is 14.3 Å². The molecular formula is C27H28N2O3. The van der Waals surface area contributed by atoms with Gasteiger partial charge in [-0.25, -0.2) is 0 Å². The number of β-lactam (4-membered cyclic amide) rings is 1. The molecule has 1 aliphatic rings. The van der Waals surface area contributed by atoms with Gasteiger partial charge in [-0.2, -0.15) is 0 Å². The second-order valence-electron chi connectivity index (χ2n) is 8.14. The Bertz CT molecular complexity index is 1060. The second kappa shape index (κ2) is 9.69. The van der Waals surface area contributed by atoms with Gasteiger partial charge < -0.3 is 15.0 Å². The first-order valence-corrected chi connectivity index (χ1v) is 11.0.